The molecule has 1 aromatic rings. The van der Waals surface area contributed by atoms with E-state index in [0.29, 0.717) is 19.5 Å². The molecule has 0 aromatic heterocycles. The lowest BCUT2D eigenvalue weighted by molar-refractivity contribution is -0.121. The summed E-state index contributed by atoms with van der Waals surface area (Å²) in [5, 5.41) is 0. The molecule has 2 aliphatic heterocycles. The van der Waals surface area contributed by atoms with Gasteiger partial charge in [0, 0.05) is 18.2 Å². The van der Waals surface area contributed by atoms with E-state index in [1.54, 1.807) is 4.90 Å². The number of hydrogen-bond acceptors (Lipinski definition) is 4. The number of fused-ring (bicyclic) bond motifs is 1. The Kier molecular flexibility index (Phi) is 3.75. The highest BCUT2D eigenvalue weighted by Gasteiger charge is 2.39. The average molecular weight is 308 g/mol. The van der Waals surface area contributed by atoms with Gasteiger partial charge in [-0.1, -0.05) is 18.2 Å². The second kappa shape index (κ2) is 5.42. The number of carbonyl (C=O) groups excluding carboxylic acids is 1. The van der Waals surface area contributed by atoms with Gasteiger partial charge in [0.15, 0.2) is 9.84 Å². The Morgan fingerprint density at radius 1 is 1.33 bits per heavy atom. The van der Waals surface area contributed by atoms with Crippen molar-refractivity contribution in [2.24, 2.45) is 11.7 Å². The van der Waals surface area contributed by atoms with Crippen LogP contribution in [0, 0.1) is 5.92 Å². The number of nitrogens with two attached hydrogens (primary N) is 1. The summed E-state index contributed by atoms with van der Waals surface area (Å²) < 4.78 is 23.2. The van der Waals surface area contributed by atoms with Crippen LogP contribution in [0.15, 0.2) is 24.3 Å². The molecule has 3 rings (SSSR count). The van der Waals surface area contributed by atoms with E-state index in [-0.39, 0.29) is 29.2 Å². The minimum absolute atomic E-state index is 0.00788. The fraction of sp³-hybridized carbons (Fsp3) is 0.533. The third kappa shape index (κ3) is 2.70. The summed E-state index contributed by atoms with van der Waals surface area (Å²) in [4.78, 5) is 14.4. The molecule has 0 aliphatic carbocycles. The van der Waals surface area contributed by atoms with Gasteiger partial charge in [-0.15, -0.1) is 0 Å². The first-order valence-electron chi connectivity index (χ1n) is 7.32. The molecule has 2 aliphatic rings. The molecular weight excluding hydrogens is 288 g/mol. The molecule has 0 saturated carbocycles. The Balaban J connectivity index is 1.85. The minimum Gasteiger partial charge on any atom is -0.330 e. The monoisotopic (exact) mass is 308 g/mol. The van der Waals surface area contributed by atoms with E-state index in [0.717, 1.165) is 17.7 Å². The van der Waals surface area contributed by atoms with E-state index in [1.165, 1.54) is 0 Å². The highest BCUT2D eigenvalue weighted by atomic mass is 32.2. The van der Waals surface area contributed by atoms with Gasteiger partial charge in [-0.3, -0.25) is 4.79 Å². The van der Waals surface area contributed by atoms with Crippen molar-refractivity contribution in [1.29, 1.82) is 0 Å². The summed E-state index contributed by atoms with van der Waals surface area (Å²) >= 11 is 0. The molecule has 1 fully saturated rings. The van der Waals surface area contributed by atoms with Crippen LogP contribution < -0.4 is 10.6 Å². The molecule has 1 amide bonds. The molecule has 2 unspecified atom stereocenters. The number of nitrogens with zero attached hydrogens (tertiary/aromatic N) is 1. The molecule has 2 atom stereocenters. The Bertz CT molecular complexity index is 657. The summed E-state index contributed by atoms with van der Waals surface area (Å²) in [6.45, 7) is 1.20. The van der Waals surface area contributed by atoms with Gasteiger partial charge in [-0.05, 0) is 31.0 Å². The minimum atomic E-state index is -3.04. The summed E-state index contributed by atoms with van der Waals surface area (Å²) in [5.41, 5.74) is 7.73. The molecule has 1 aromatic carbocycles. The van der Waals surface area contributed by atoms with Crippen molar-refractivity contribution in [3.05, 3.63) is 29.8 Å². The average Bonchev–Trinajstić information content (AvgIpc) is 3.00. The topological polar surface area (TPSA) is 80.5 Å². The van der Waals surface area contributed by atoms with E-state index in [1.807, 2.05) is 24.3 Å². The standard InChI is InChI=1S/C15H20N2O3S/c16-7-5-11-9-17(14-4-2-1-3-13(11)14)15(18)12-6-8-21(19,20)10-12/h1-4,11-12H,5-10,16H2. The summed E-state index contributed by atoms with van der Waals surface area (Å²) in [6.07, 6.45) is 1.28. The van der Waals surface area contributed by atoms with Crippen molar-refractivity contribution in [1.82, 2.24) is 0 Å². The van der Waals surface area contributed by atoms with Crippen LogP contribution in [0.25, 0.3) is 0 Å². The quantitative estimate of drug-likeness (QED) is 0.899. The van der Waals surface area contributed by atoms with Gasteiger partial charge in [-0.2, -0.15) is 0 Å². The van der Waals surface area contributed by atoms with E-state index in [9.17, 15) is 13.2 Å². The third-order valence-corrected chi connectivity index (χ3v) is 6.20. The lowest BCUT2D eigenvalue weighted by atomic mass is 9.98. The first-order chi connectivity index (χ1) is 10.0. The van der Waals surface area contributed by atoms with E-state index in [4.69, 9.17) is 5.73 Å². The van der Waals surface area contributed by atoms with Crippen molar-refractivity contribution in [2.75, 3.05) is 29.5 Å². The van der Waals surface area contributed by atoms with Crippen LogP contribution in [0.5, 0.6) is 0 Å². The fourth-order valence-electron chi connectivity index (χ4n) is 3.36. The zero-order chi connectivity index (χ0) is 15.0. The predicted octanol–water partition coefficient (Wildman–Crippen LogP) is 0.900. The number of benzene rings is 1. The van der Waals surface area contributed by atoms with Gasteiger partial charge in [0.1, 0.15) is 0 Å². The third-order valence-electron chi connectivity index (χ3n) is 4.43. The van der Waals surface area contributed by atoms with Gasteiger partial charge >= 0.3 is 0 Å². The number of rotatable bonds is 3. The molecule has 21 heavy (non-hydrogen) atoms. The molecule has 2 N–H and O–H groups in total. The molecule has 6 heteroatoms. The Morgan fingerprint density at radius 3 is 2.76 bits per heavy atom. The van der Waals surface area contributed by atoms with Crippen molar-refractivity contribution >= 4 is 21.4 Å². The maximum absolute atomic E-state index is 12.7. The van der Waals surface area contributed by atoms with Crippen LogP contribution in [0.3, 0.4) is 0 Å². The number of sulfone groups is 1. The fourth-order valence-corrected chi connectivity index (χ4v) is 5.10. The molecule has 2 heterocycles. The highest BCUT2D eigenvalue weighted by Crippen LogP contribution is 2.39. The lowest BCUT2D eigenvalue weighted by Crippen LogP contribution is -2.36. The molecule has 0 radical (unpaired) electrons. The maximum Gasteiger partial charge on any atom is 0.231 e. The zero-order valence-electron chi connectivity index (χ0n) is 11.9. The van der Waals surface area contributed by atoms with Gasteiger partial charge in [0.25, 0.3) is 0 Å². The van der Waals surface area contributed by atoms with E-state index in [2.05, 4.69) is 0 Å². The number of anilines is 1. The van der Waals surface area contributed by atoms with Gasteiger partial charge < -0.3 is 10.6 Å². The van der Waals surface area contributed by atoms with Gasteiger partial charge in [0.2, 0.25) is 5.91 Å². The van der Waals surface area contributed by atoms with Crippen LogP contribution in [0.4, 0.5) is 5.69 Å². The summed E-state index contributed by atoms with van der Waals surface area (Å²) in [7, 11) is -3.04. The normalized spacial score (nSPS) is 26.8. The van der Waals surface area contributed by atoms with Crippen LogP contribution in [-0.2, 0) is 14.6 Å². The highest BCUT2D eigenvalue weighted by molar-refractivity contribution is 7.91. The van der Waals surface area contributed by atoms with Crippen LogP contribution in [0.2, 0.25) is 0 Å². The first-order valence-corrected chi connectivity index (χ1v) is 9.15. The SMILES string of the molecule is NCCC1CN(C(=O)C2CCS(=O)(=O)C2)c2ccccc21. The Labute approximate surface area is 125 Å². The summed E-state index contributed by atoms with van der Waals surface area (Å²) in [6, 6.07) is 7.85. The van der Waals surface area contributed by atoms with Crippen molar-refractivity contribution < 1.29 is 13.2 Å². The molecule has 1 saturated heterocycles. The maximum atomic E-state index is 12.7. The van der Waals surface area contributed by atoms with Crippen LogP contribution in [-0.4, -0.2) is 38.9 Å². The predicted molar refractivity (Wildman–Crippen MR) is 82.0 cm³/mol. The Morgan fingerprint density at radius 2 is 2.10 bits per heavy atom. The molecule has 0 spiro atoms. The van der Waals surface area contributed by atoms with E-state index >= 15 is 0 Å². The van der Waals surface area contributed by atoms with Crippen molar-refractivity contribution in [3.63, 3.8) is 0 Å². The number of carbonyl (C=O) groups is 1. The second-order valence-electron chi connectivity index (χ2n) is 5.88. The summed E-state index contributed by atoms with van der Waals surface area (Å²) in [5.74, 6) is -0.0622. The molecule has 114 valence electrons. The van der Waals surface area contributed by atoms with Gasteiger partial charge in [0.05, 0.1) is 17.4 Å². The molecule has 5 nitrogen and oxygen atoms in total. The number of para-hydroxylation sites is 1. The van der Waals surface area contributed by atoms with Crippen LogP contribution in [0.1, 0.15) is 24.3 Å². The zero-order valence-corrected chi connectivity index (χ0v) is 12.7. The van der Waals surface area contributed by atoms with Crippen molar-refractivity contribution in [3.8, 4) is 0 Å². The van der Waals surface area contributed by atoms with Crippen molar-refractivity contribution in [2.45, 2.75) is 18.8 Å². The first kappa shape index (κ1) is 14.5. The Hall–Kier alpha value is -1.40. The number of amides is 1. The van der Waals surface area contributed by atoms with Gasteiger partial charge in [-0.25, -0.2) is 8.42 Å². The van der Waals surface area contributed by atoms with E-state index < -0.39 is 9.84 Å². The van der Waals surface area contributed by atoms with Crippen LogP contribution >= 0.6 is 0 Å². The largest absolute Gasteiger partial charge is 0.330 e. The lowest BCUT2D eigenvalue weighted by Gasteiger charge is -2.21. The molecular formula is C15H20N2O3S. The smallest absolute Gasteiger partial charge is 0.231 e. The second-order valence-corrected chi connectivity index (χ2v) is 8.11. The molecule has 0 bridgehead atoms. The number of hydrogen-bond donors (Lipinski definition) is 1.